The minimum atomic E-state index is -0.209. The topological polar surface area (TPSA) is 78.3 Å². The van der Waals surface area contributed by atoms with E-state index in [0.717, 1.165) is 6.42 Å². The monoisotopic (exact) mass is 274 g/mol. The van der Waals surface area contributed by atoms with E-state index in [2.05, 4.69) is 25.5 Å². The van der Waals surface area contributed by atoms with E-state index in [-0.39, 0.29) is 5.56 Å². The second kappa shape index (κ2) is 4.59. The van der Waals surface area contributed by atoms with Crippen LogP contribution in [-0.4, -0.2) is 49.9 Å². The van der Waals surface area contributed by atoms with E-state index < -0.39 is 0 Å². The Morgan fingerprint density at radius 1 is 1.30 bits per heavy atom. The van der Waals surface area contributed by atoms with Gasteiger partial charge in [0.15, 0.2) is 0 Å². The average molecular weight is 274 g/mol. The predicted octanol–water partition coefficient (Wildman–Crippen LogP) is 0.456. The zero-order valence-corrected chi connectivity index (χ0v) is 11.2. The van der Waals surface area contributed by atoms with Crippen LogP contribution in [0.1, 0.15) is 25.7 Å². The van der Waals surface area contributed by atoms with Gasteiger partial charge in [-0.1, -0.05) is 0 Å². The predicted molar refractivity (Wildman–Crippen MR) is 74.8 cm³/mol. The third-order valence-corrected chi connectivity index (χ3v) is 4.49. The first-order valence-corrected chi connectivity index (χ1v) is 7.26. The quantitative estimate of drug-likeness (QED) is 0.831. The van der Waals surface area contributed by atoms with Gasteiger partial charge in [0.1, 0.15) is 5.52 Å². The lowest BCUT2D eigenvalue weighted by Gasteiger charge is -2.37. The fraction of sp³-hybridized carbons (Fsp3) is 0.615. The van der Waals surface area contributed by atoms with Crippen molar-refractivity contribution in [3.8, 4) is 0 Å². The molecule has 0 amide bonds. The minimum absolute atomic E-state index is 0.209. The molecule has 0 spiro atoms. The summed E-state index contributed by atoms with van der Waals surface area (Å²) in [6.45, 7) is 2.41. The maximum Gasteiger partial charge on any atom is 0.290 e. The standard InChI is InChI=1S/C13H18N6O/c20-12-11-5-6-14-19(11)13(17-16-12)15-9-3-1-7-18-8-2-4-10(9)18/h5-6,9-10H,1-4,7-8H2,(H,15,17)(H,16,20). The van der Waals surface area contributed by atoms with E-state index in [9.17, 15) is 4.79 Å². The molecule has 7 nitrogen and oxygen atoms in total. The Labute approximate surface area is 116 Å². The number of hydrogen-bond donors (Lipinski definition) is 2. The molecular formula is C13H18N6O. The fourth-order valence-electron chi connectivity index (χ4n) is 3.57. The third-order valence-electron chi connectivity index (χ3n) is 4.49. The van der Waals surface area contributed by atoms with Crippen LogP contribution >= 0.6 is 0 Å². The van der Waals surface area contributed by atoms with Gasteiger partial charge in [-0.05, 0) is 44.8 Å². The summed E-state index contributed by atoms with van der Waals surface area (Å²) in [5.41, 5.74) is 0.320. The second-order valence-electron chi connectivity index (χ2n) is 5.64. The highest BCUT2D eigenvalue weighted by molar-refractivity contribution is 5.47. The molecule has 2 N–H and O–H groups in total. The normalized spacial score (nSPS) is 26.8. The van der Waals surface area contributed by atoms with Crippen molar-refractivity contribution in [2.45, 2.75) is 37.8 Å². The first-order chi connectivity index (χ1) is 9.83. The average Bonchev–Trinajstić information content (AvgIpc) is 3.10. The number of H-pyrrole nitrogens is 1. The summed E-state index contributed by atoms with van der Waals surface area (Å²) in [6, 6.07) is 2.68. The summed E-state index contributed by atoms with van der Waals surface area (Å²) in [6.07, 6.45) is 6.49. The van der Waals surface area contributed by atoms with Crippen LogP contribution in [0.25, 0.3) is 5.52 Å². The summed E-state index contributed by atoms with van der Waals surface area (Å²) >= 11 is 0. The largest absolute Gasteiger partial charge is 0.349 e. The molecule has 0 saturated carbocycles. The van der Waals surface area contributed by atoms with E-state index in [0.29, 0.717) is 23.5 Å². The Kier molecular flexibility index (Phi) is 2.73. The maximum absolute atomic E-state index is 11.7. The van der Waals surface area contributed by atoms with E-state index >= 15 is 0 Å². The number of hydrogen-bond acceptors (Lipinski definition) is 5. The Morgan fingerprint density at radius 2 is 2.15 bits per heavy atom. The molecule has 2 atom stereocenters. The number of nitrogens with one attached hydrogen (secondary N) is 2. The maximum atomic E-state index is 11.7. The third kappa shape index (κ3) is 1.81. The number of rotatable bonds is 2. The van der Waals surface area contributed by atoms with E-state index in [1.165, 1.54) is 32.4 Å². The van der Waals surface area contributed by atoms with Crippen LogP contribution in [-0.2, 0) is 0 Å². The summed E-state index contributed by atoms with van der Waals surface area (Å²) in [4.78, 5) is 14.2. The van der Waals surface area contributed by atoms with Crippen molar-refractivity contribution >= 4 is 11.5 Å². The first kappa shape index (κ1) is 11.9. The Hall–Kier alpha value is -1.89. The van der Waals surface area contributed by atoms with Gasteiger partial charge in [0.25, 0.3) is 5.56 Å². The van der Waals surface area contributed by atoms with Gasteiger partial charge < -0.3 is 5.32 Å². The minimum Gasteiger partial charge on any atom is -0.349 e. The number of nitrogens with zero attached hydrogens (tertiary/aromatic N) is 4. The van der Waals surface area contributed by atoms with Crippen LogP contribution in [0, 0.1) is 0 Å². The van der Waals surface area contributed by atoms with Crippen molar-refractivity contribution in [1.82, 2.24) is 24.7 Å². The van der Waals surface area contributed by atoms with Gasteiger partial charge in [-0.3, -0.25) is 9.69 Å². The zero-order chi connectivity index (χ0) is 13.5. The lowest BCUT2D eigenvalue weighted by molar-refractivity contribution is 0.182. The van der Waals surface area contributed by atoms with Gasteiger partial charge in [-0.25, -0.2) is 5.10 Å². The molecule has 2 aliphatic rings. The highest BCUT2D eigenvalue weighted by Crippen LogP contribution is 2.28. The lowest BCUT2D eigenvalue weighted by Crippen LogP contribution is -2.48. The van der Waals surface area contributed by atoms with Crippen LogP contribution in [0.15, 0.2) is 17.1 Å². The second-order valence-corrected chi connectivity index (χ2v) is 5.64. The van der Waals surface area contributed by atoms with E-state index in [1.807, 2.05) is 0 Å². The number of fused-ring (bicyclic) bond motifs is 2. The number of aromatic amines is 1. The molecule has 4 heterocycles. The van der Waals surface area contributed by atoms with Crippen molar-refractivity contribution < 1.29 is 0 Å². The van der Waals surface area contributed by atoms with Crippen molar-refractivity contribution in [1.29, 1.82) is 0 Å². The smallest absolute Gasteiger partial charge is 0.290 e. The SMILES string of the molecule is O=c1[nH]nc(NC2CCCN3CCCC23)n2nccc12. The fourth-order valence-corrected chi connectivity index (χ4v) is 3.57. The summed E-state index contributed by atoms with van der Waals surface area (Å²) in [5.74, 6) is 0.628. The van der Waals surface area contributed by atoms with Gasteiger partial charge in [0, 0.05) is 12.1 Å². The number of aromatic nitrogens is 4. The molecule has 2 aromatic heterocycles. The lowest BCUT2D eigenvalue weighted by atomic mass is 9.96. The Morgan fingerprint density at radius 3 is 3.05 bits per heavy atom. The van der Waals surface area contributed by atoms with Gasteiger partial charge in [0.2, 0.25) is 5.95 Å². The molecule has 106 valence electrons. The molecule has 2 unspecified atom stereocenters. The zero-order valence-electron chi connectivity index (χ0n) is 11.2. The molecule has 2 aliphatic heterocycles. The van der Waals surface area contributed by atoms with Crippen LogP contribution < -0.4 is 10.9 Å². The first-order valence-electron chi connectivity index (χ1n) is 7.26. The van der Waals surface area contributed by atoms with E-state index in [1.54, 1.807) is 16.8 Å². The molecule has 0 aliphatic carbocycles. The molecule has 7 heteroatoms. The van der Waals surface area contributed by atoms with Gasteiger partial charge >= 0.3 is 0 Å². The van der Waals surface area contributed by atoms with Gasteiger partial charge in [0.05, 0.1) is 6.20 Å². The molecule has 2 aromatic rings. The highest BCUT2D eigenvalue weighted by atomic mass is 16.1. The van der Waals surface area contributed by atoms with Crippen LogP contribution in [0.5, 0.6) is 0 Å². The molecule has 2 fully saturated rings. The highest BCUT2D eigenvalue weighted by Gasteiger charge is 2.35. The Balaban J connectivity index is 1.65. The molecule has 0 aromatic carbocycles. The van der Waals surface area contributed by atoms with Crippen LogP contribution in [0.3, 0.4) is 0 Å². The molecular weight excluding hydrogens is 256 g/mol. The summed E-state index contributed by atoms with van der Waals surface area (Å²) < 4.78 is 1.59. The summed E-state index contributed by atoms with van der Waals surface area (Å²) in [5, 5.41) is 14.3. The molecule has 0 radical (unpaired) electrons. The van der Waals surface area contributed by atoms with Crippen molar-refractivity contribution in [3.05, 3.63) is 22.6 Å². The van der Waals surface area contributed by atoms with Crippen molar-refractivity contribution in [2.24, 2.45) is 0 Å². The van der Waals surface area contributed by atoms with Crippen molar-refractivity contribution in [3.63, 3.8) is 0 Å². The molecule has 2 saturated heterocycles. The van der Waals surface area contributed by atoms with Crippen molar-refractivity contribution in [2.75, 3.05) is 18.4 Å². The van der Waals surface area contributed by atoms with Crippen LogP contribution in [0.4, 0.5) is 5.95 Å². The van der Waals surface area contributed by atoms with E-state index in [4.69, 9.17) is 0 Å². The molecule has 4 rings (SSSR count). The van der Waals surface area contributed by atoms with Crippen LogP contribution in [0.2, 0.25) is 0 Å². The molecule has 20 heavy (non-hydrogen) atoms. The van der Waals surface area contributed by atoms with Gasteiger partial charge in [-0.2, -0.15) is 9.61 Å². The number of piperidine rings is 1. The Bertz CT molecular complexity index is 677. The molecule has 0 bridgehead atoms. The summed E-state index contributed by atoms with van der Waals surface area (Å²) in [7, 11) is 0. The number of anilines is 1. The van der Waals surface area contributed by atoms with Gasteiger partial charge in [-0.15, -0.1) is 5.10 Å².